The predicted octanol–water partition coefficient (Wildman–Crippen LogP) is 1.71. The molecule has 18 heavy (non-hydrogen) atoms. The summed E-state index contributed by atoms with van der Waals surface area (Å²) in [6.07, 6.45) is 3.11. The van der Waals surface area contributed by atoms with Crippen LogP contribution in [0, 0.1) is 11.8 Å². The maximum absolute atomic E-state index is 11.2. The Morgan fingerprint density at radius 1 is 1.44 bits per heavy atom. The Bertz CT molecular complexity index is 257. The molecule has 2 N–H and O–H groups in total. The molecule has 4 unspecified atom stereocenters. The molecule has 106 valence electrons. The van der Waals surface area contributed by atoms with Crippen LogP contribution in [0.1, 0.15) is 46.5 Å². The van der Waals surface area contributed by atoms with Crippen molar-refractivity contribution in [2.75, 3.05) is 13.2 Å². The number of carbonyl (C=O) groups excluding carboxylic acids is 1. The van der Waals surface area contributed by atoms with Gasteiger partial charge in [0.1, 0.15) is 0 Å². The van der Waals surface area contributed by atoms with Crippen molar-refractivity contribution in [3.8, 4) is 0 Å². The third-order valence-corrected chi connectivity index (χ3v) is 4.07. The average molecular weight is 257 g/mol. The lowest BCUT2D eigenvalue weighted by atomic mass is 9.93. The molecule has 0 aromatic rings. The number of hydrogen-bond donors (Lipinski definition) is 2. The van der Waals surface area contributed by atoms with Crippen LogP contribution in [0.2, 0.25) is 0 Å². The average Bonchev–Trinajstić information content (AvgIpc) is 2.67. The van der Waals surface area contributed by atoms with E-state index in [1.807, 2.05) is 0 Å². The number of nitrogens with one attached hydrogen (secondary N) is 1. The van der Waals surface area contributed by atoms with Crippen molar-refractivity contribution in [2.24, 2.45) is 11.8 Å². The van der Waals surface area contributed by atoms with Gasteiger partial charge in [0.2, 0.25) is 0 Å². The van der Waals surface area contributed by atoms with Crippen molar-refractivity contribution in [1.29, 1.82) is 0 Å². The van der Waals surface area contributed by atoms with Crippen LogP contribution in [-0.4, -0.2) is 36.4 Å². The Balaban J connectivity index is 2.22. The predicted molar refractivity (Wildman–Crippen MR) is 71.2 cm³/mol. The Labute approximate surface area is 110 Å². The van der Waals surface area contributed by atoms with Crippen molar-refractivity contribution >= 4 is 5.97 Å². The molecule has 0 amide bonds. The highest BCUT2D eigenvalue weighted by molar-refractivity contribution is 5.69. The minimum absolute atomic E-state index is 0.0825. The molecule has 1 rings (SSSR count). The van der Waals surface area contributed by atoms with Gasteiger partial charge in [0.05, 0.1) is 19.1 Å². The van der Waals surface area contributed by atoms with Gasteiger partial charge in [-0.05, 0) is 31.6 Å². The molecule has 4 atom stereocenters. The number of rotatable bonds is 7. The highest BCUT2D eigenvalue weighted by Gasteiger charge is 2.31. The third kappa shape index (κ3) is 4.58. The van der Waals surface area contributed by atoms with E-state index < -0.39 is 6.10 Å². The molecule has 1 aliphatic carbocycles. The van der Waals surface area contributed by atoms with Gasteiger partial charge in [0.15, 0.2) is 0 Å². The Kier molecular flexibility index (Phi) is 6.65. The molecule has 1 saturated carbocycles. The first-order valence-corrected chi connectivity index (χ1v) is 7.15. The summed E-state index contributed by atoms with van der Waals surface area (Å²) in [5.41, 5.74) is 0. The van der Waals surface area contributed by atoms with Gasteiger partial charge >= 0.3 is 5.97 Å². The zero-order valence-corrected chi connectivity index (χ0v) is 11.8. The molecule has 1 aliphatic rings. The molecule has 0 heterocycles. The van der Waals surface area contributed by atoms with Crippen LogP contribution in [0.25, 0.3) is 0 Å². The van der Waals surface area contributed by atoms with E-state index in [2.05, 4.69) is 19.2 Å². The fraction of sp³-hybridized carbons (Fsp3) is 0.929. The van der Waals surface area contributed by atoms with Crippen molar-refractivity contribution in [2.45, 2.75) is 58.6 Å². The Hall–Kier alpha value is -0.610. The van der Waals surface area contributed by atoms with Crippen LogP contribution in [-0.2, 0) is 9.53 Å². The van der Waals surface area contributed by atoms with E-state index in [4.69, 9.17) is 4.74 Å². The van der Waals surface area contributed by atoms with E-state index >= 15 is 0 Å². The van der Waals surface area contributed by atoms with E-state index in [9.17, 15) is 9.90 Å². The topological polar surface area (TPSA) is 58.6 Å². The second-order valence-corrected chi connectivity index (χ2v) is 5.28. The van der Waals surface area contributed by atoms with Crippen molar-refractivity contribution in [1.82, 2.24) is 5.32 Å². The van der Waals surface area contributed by atoms with Gasteiger partial charge in [-0.1, -0.05) is 20.3 Å². The van der Waals surface area contributed by atoms with Crippen LogP contribution in [0.15, 0.2) is 0 Å². The van der Waals surface area contributed by atoms with Gasteiger partial charge in [-0.15, -0.1) is 0 Å². The minimum atomic E-state index is -0.642. The van der Waals surface area contributed by atoms with E-state index in [0.29, 0.717) is 25.1 Å². The number of hydrogen-bond acceptors (Lipinski definition) is 4. The Morgan fingerprint density at radius 3 is 2.72 bits per heavy atom. The fourth-order valence-electron chi connectivity index (χ4n) is 2.88. The first-order valence-electron chi connectivity index (χ1n) is 7.15. The minimum Gasteiger partial charge on any atom is -0.466 e. The van der Waals surface area contributed by atoms with Crippen LogP contribution in [0.4, 0.5) is 0 Å². The first kappa shape index (κ1) is 15.4. The zero-order chi connectivity index (χ0) is 13.5. The third-order valence-electron chi connectivity index (χ3n) is 4.07. The lowest BCUT2D eigenvalue weighted by Gasteiger charge is -2.22. The van der Waals surface area contributed by atoms with Gasteiger partial charge < -0.3 is 15.2 Å². The molecule has 0 aliphatic heterocycles. The number of carbonyl (C=O) groups is 1. The van der Waals surface area contributed by atoms with Crippen molar-refractivity contribution in [3.05, 3.63) is 0 Å². The monoisotopic (exact) mass is 257 g/mol. The summed E-state index contributed by atoms with van der Waals surface area (Å²) in [7, 11) is 0. The van der Waals surface area contributed by atoms with Gasteiger partial charge in [0, 0.05) is 12.6 Å². The highest BCUT2D eigenvalue weighted by Crippen LogP contribution is 2.33. The summed E-state index contributed by atoms with van der Waals surface area (Å²) >= 11 is 0. The van der Waals surface area contributed by atoms with Crippen LogP contribution in [0.5, 0.6) is 0 Å². The largest absolute Gasteiger partial charge is 0.466 e. The van der Waals surface area contributed by atoms with Crippen LogP contribution in [0.3, 0.4) is 0 Å². The van der Waals surface area contributed by atoms with E-state index in [1.54, 1.807) is 6.92 Å². The number of esters is 1. The number of ether oxygens (including phenoxy) is 1. The van der Waals surface area contributed by atoms with Gasteiger partial charge in [-0.25, -0.2) is 0 Å². The molecule has 0 saturated heterocycles. The van der Waals surface area contributed by atoms with Crippen molar-refractivity contribution < 1.29 is 14.6 Å². The molecule has 0 bridgehead atoms. The van der Waals surface area contributed by atoms with Crippen LogP contribution < -0.4 is 5.32 Å². The maximum Gasteiger partial charge on any atom is 0.308 e. The number of aliphatic hydroxyl groups excluding tert-OH is 1. The van der Waals surface area contributed by atoms with Crippen molar-refractivity contribution in [3.63, 3.8) is 0 Å². The number of aliphatic hydroxyl groups is 1. The van der Waals surface area contributed by atoms with Gasteiger partial charge in [0.25, 0.3) is 0 Å². The summed E-state index contributed by atoms with van der Waals surface area (Å²) in [4.78, 5) is 11.2. The SMILES string of the molecule is CCOC(=O)CC(O)CNC1CCC(CC)C1C. The molecule has 4 nitrogen and oxygen atoms in total. The van der Waals surface area contributed by atoms with Gasteiger partial charge in [-0.2, -0.15) is 0 Å². The maximum atomic E-state index is 11.2. The van der Waals surface area contributed by atoms with Crippen LogP contribution >= 0.6 is 0 Å². The lowest BCUT2D eigenvalue weighted by molar-refractivity contribution is -0.145. The normalized spacial score (nSPS) is 29.2. The first-order chi connectivity index (χ1) is 8.58. The van der Waals surface area contributed by atoms with Gasteiger partial charge in [-0.3, -0.25) is 4.79 Å². The van der Waals surface area contributed by atoms with E-state index in [-0.39, 0.29) is 12.4 Å². The summed E-state index contributed by atoms with van der Waals surface area (Å²) in [6, 6.07) is 0.479. The van der Waals surface area contributed by atoms with E-state index in [1.165, 1.54) is 19.3 Å². The highest BCUT2D eigenvalue weighted by atomic mass is 16.5. The summed E-state index contributed by atoms with van der Waals surface area (Å²) in [6.45, 7) is 7.13. The molecule has 0 aromatic heterocycles. The molecular weight excluding hydrogens is 230 g/mol. The molecular formula is C14H27NO3. The summed E-state index contributed by atoms with van der Waals surface area (Å²) in [5.74, 6) is 1.13. The second-order valence-electron chi connectivity index (χ2n) is 5.28. The molecule has 0 radical (unpaired) electrons. The molecule has 1 fully saturated rings. The molecule has 4 heteroatoms. The lowest BCUT2D eigenvalue weighted by Crippen LogP contribution is -2.38. The Morgan fingerprint density at radius 2 is 2.17 bits per heavy atom. The zero-order valence-electron chi connectivity index (χ0n) is 11.8. The smallest absolute Gasteiger partial charge is 0.308 e. The summed E-state index contributed by atoms with van der Waals surface area (Å²) in [5, 5.41) is 13.1. The quantitative estimate of drug-likeness (QED) is 0.682. The second kappa shape index (κ2) is 7.74. The van der Waals surface area contributed by atoms with E-state index in [0.717, 1.165) is 5.92 Å². The molecule has 0 aromatic carbocycles. The summed E-state index contributed by atoms with van der Waals surface area (Å²) < 4.78 is 4.81. The fourth-order valence-corrected chi connectivity index (χ4v) is 2.88. The molecule has 0 spiro atoms. The standard InChI is InChI=1S/C14H27NO3/c1-4-11-6-7-13(10(11)3)15-9-12(16)8-14(17)18-5-2/h10-13,15-16H,4-9H2,1-3H3.